The Balaban J connectivity index is 1.89. The minimum absolute atomic E-state index is 0.119. The number of allylic oxidation sites excluding steroid dienone is 1. The third-order valence-corrected chi connectivity index (χ3v) is 7.30. The molecule has 3 aromatic rings. The first kappa shape index (κ1) is 31.1. The number of thiazole rings is 1. The summed E-state index contributed by atoms with van der Waals surface area (Å²) < 4.78 is 30.1. The van der Waals surface area contributed by atoms with Crippen molar-refractivity contribution in [1.29, 1.82) is 5.26 Å². The fourth-order valence-electron chi connectivity index (χ4n) is 4.60. The topological polar surface area (TPSA) is 121 Å². The van der Waals surface area contributed by atoms with E-state index in [0.29, 0.717) is 69.0 Å². The number of aromatic nitrogens is 1. The van der Waals surface area contributed by atoms with Crippen LogP contribution >= 0.6 is 11.3 Å². The Morgan fingerprint density at radius 1 is 1.02 bits per heavy atom. The second-order valence-electron chi connectivity index (χ2n) is 9.13. The van der Waals surface area contributed by atoms with Gasteiger partial charge in [0.05, 0.1) is 41.7 Å². The second kappa shape index (κ2) is 14.4. The number of esters is 1. The first-order chi connectivity index (χ1) is 20.9. The minimum atomic E-state index is -0.814. The summed E-state index contributed by atoms with van der Waals surface area (Å²) >= 11 is 1.21. The van der Waals surface area contributed by atoms with Crippen LogP contribution in [0.2, 0.25) is 0 Å². The third kappa shape index (κ3) is 6.81. The second-order valence-corrected chi connectivity index (χ2v) is 10.1. The van der Waals surface area contributed by atoms with Crippen molar-refractivity contribution in [2.75, 3.05) is 33.0 Å². The first-order valence-corrected chi connectivity index (χ1v) is 14.6. The summed E-state index contributed by atoms with van der Waals surface area (Å²) in [4.78, 5) is 32.4. The first-order valence-electron chi connectivity index (χ1n) is 13.8. The Morgan fingerprint density at radius 3 is 2.40 bits per heavy atom. The van der Waals surface area contributed by atoms with Crippen molar-refractivity contribution in [3.8, 4) is 29.1 Å². The molecule has 0 amide bonds. The number of nitrogens with zero attached hydrogens (tertiary/aromatic N) is 3. The Kier molecular flexibility index (Phi) is 10.4. The van der Waals surface area contributed by atoms with Crippen molar-refractivity contribution in [2.24, 2.45) is 4.99 Å². The lowest BCUT2D eigenvalue weighted by molar-refractivity contribution is -0.139. The maximum atomic E-state index is 14.0. The van der Waals surface area contributed by atoms with E-state index in [4.69, 9.17) is 28.9 Å². The number of carbonyl (C=O) groups is 1. The van der Waals surface area contributed by atoms with E-state index < -0.39 is 12.0 Å². The lowest BCUT2D eigenvalue weighted by Gasteiger charge is -2.25. The van der Waals surface area contributed by atoms with E-state index >= 15 is 0 Å². The molecule has 2 heterocycles. The van der Waals surface area contributed by atoms with Gasteiger partial charge in [0.1, 0.15) is 12.7 Å². The van der Waals surface area contributed by atoms with Gasteiger partial charge in [-0.2, -0.15) is 5.26 Å². The van der Waals surface area contributed by atoms with Gasteiger partial charge in [-0.25, -0.2) is 9.79 Å². The summed E-state index contributed by atoms with van der Waals surface area (Å²) in [6, 6.07) is 11.7. The van der Waals surface area contributed by atoms with E-state index in [9.17, 15) is 9.59 Å². The molecule has 0 aliphatic carbocycles. The van der Waals surface area contributed by atoms with Crippen LogP contribution in [0.1, 0.15) is 44.9 Å². The maximum absolute atomic E-state index is 14.0. The van der Waals surface area contributed by atoms with Crippen molar-refractivity contribution in [3.63, 3.8) is 0 Å². The van der Waals surface area contributed by atoms with Crippen molar-refractivity contribution < 1.29 is 28.5 Å². The lowest BCUT2D eigenvalue weighted by Crippen LogP contribution is -2.40. The number of ether oxygens (including phenoxy) is 5. The molecule has 0 N–H and O–H groups in total. The molecule has 0 unspecified atom stereocenters. The SMILES string of the molecule is C=CCOc1ccc([C@@H]2C(C(=O)OCC)=C(C)N=c3s/c(=C/c4ccc(OCC#N)c(OCC)c4)c(=O)n32)cc1OCC. The number of carbonyl (C=O) groups excluding carboxylic acids is 1. The fraction of sp³-hybridized carbons (Fsp3) is 0.312. The van der Waals surface area contributed by atoms with Gasteiger partial charge in [0, 0.05) is 0 Å². The Morgan fingerprint density at radius 2 is 1.72 bits per heavy atom. The predicted molar refractivity (Wildman–Crippen MR) is 162 cm³/mol. The van der Waals surface area contributed by atoms with Crippen molar-refractivity contribution in [2.45, 2.75) is 33.7 Å². The highest BCUT2D eigenvalue weighted by molar-refractivity contribution is 7.07. The van der Waals surface area contributed by atoms with E-state index in [-0.39, 0.29) is 24.3 Å². The van der Waals surface area contributed by atoms with Gasteiger partial charge in [-0.1, -0.05) is 36.1 Å². The summed E-state index contributed by atoms with van der Waals surface area (Å²) in [7, 11) is 0. The smallest absolute Gasteiger partial charge is 0.338 e. The van der Waals surface area contributed by atoms with Crippen molar-refractivity contribution in [3.05, 3.63) is 91.1 Å². The summed E-state index contributed by atoms with van der Waals surface area (Å²) in [6.45, 7) is 12.0. The molecule has 4 rings (SSSR count). The van der Waals surface area contributed by atoms with Gasteiger partial charge >= 0.3 is 5.97 Å². The third-order valence-electron chi connectivity index (χ3n) is 6.31. The van der Waals surface area contributed by atoms with Crippen LogP contribution < -0.4 is 33.8 Å². The molecule has 224 valence electrons. The normalized spacial score (nSPS) is 14.3. The van der Waals surface area contributed by atoms with Gasteiger partial charge in [-0.3, -0.25) is 9.36 Å². The molecule has 1 aromatic heterocycles. The molecule has 10 nitrogen and oxygen atoms in total. The molecule has 0 bridgehead atoms. The van der Waals surface area contributed by atoms with E-state index in [1.165, 1.54) is 15.9 Å². The van der Waals surface area contributed by atoms with Crippen LogP contribution in [-0.4, -0.2) is 43.6 Å². The van der Waals surface area contributed by atoms with Crippen LogP contribution in [0.3, 0.4) is 0 Å². The zero-order valence-corrected chi connectivity index (χ0v) is 25.4. The van der Waals surface area contributed by atoms with Crippen LogP contribution in [-0.2, 0) is 9.53 Å². The fourth-order valence-corrected chi connectivity index (χ4v) is 5.65. The molecule has 11 heteroatoms. The zero-order valence-electron chi connectivity index (χ0n) is 24.5. The predicted octanol–water partition coefficient (Wildman–Crippen LogP) is 4.06. The monoisotopic (exact) mass is 603 g/mol. The molecular formula is C32H33N3O7S. The van der Waals surface area contributed by atoms with Gasteiger partial charge in [-0.15, -0.1) is 0 Å². The molecule has 0 radical (unpaired) electrons. The van der Waals surface area contributed by atoms with E-state index in [0.717, 1.165) is 0 Å². The van der Waals surface area contributed by atoms with Crippen LogP contribution in [0.4, 0.5) is 0 Å². The minimum Gasteiger partial charge on any atom is -0.490 e. The molecule has 1 aliphatic rings. The molecular weight excluding hydrogens is 570 g/mol. The molecule has 1 atom stereocenters. The number of rotatable bonds is 13. The van der Waals surface area contributed by atoms with E-state index in [2.05, 4.69) is 11.6 Å². The average Bonchev–Trinajstić information content (AvgIpc) is 3.29. The van der Waals surface area contributed by atoms with Crippen LogP contribution in [0, 0.1) is 11.3 Å². The summed E-state index contributed by atoms with van der Waals surface area (Å²) in [5, 5.41) is 8.89. The van der Waals surface area contributed by atoms with Gasteiger partial charge < -0.3 is 23.7 Å². The molecule has 1 aliphatic heterocycles. The molecule has 43 heavy (non-hydrogen) atoms. The van der Waals surface area contributed by atoms with E-state index in [1.54, 1.807) is 62.4 Å². The molecule has 0 spiro atoms. The van der Waals surface area contributed by atoms with Crippen LogP contribution in [0.15, 0.2) is 70.1 Å². The number of hydrogen-bond acceptors (Lipinski definition) is 10. The highest BCUT2D eigenvalue weighted by atomic mass is 32.1. The largest absolute Gasteiger partial charge is 0.490 e. The van der Waals surface area contributed by atoms with Crippen molar-refractivity contribution in [1.82, 2.24) is 4.57 Å². The number of hydrogen-bond donors (Lipinski definition) is 0. The summed E-state index contributed by atoms with van der Waals surface area (Å²) in [5.74, 6) is 1.33. The zero-order chi connectivity index (χ0) is 30.9. The van der Waals surface area contributed by atoms with Crippen LogP contribution in [0.5, 0.6) is 23.0 Å². The van der Waals surface area contributed by atoms with Crippen LogP contribution in [0.25, 0.3) is 6.08 Å². The van der Waals surface area contributed by atoms with Gasteiger partial charge in [0.2, 0.25) is 0 Å². The van der Waals surface area contributed by atoms with E-state index in [1.807, 2.05) is 19.9 Å². The number of fused-ring (bicyclic) bond motifs is 1. The average molecular weight is 604 g/mol. The molecule has 0 saturated carbocycles. The summed E-state index contributed by atoms with van der Waals surface area (Å²) in [5.41, 5.74) is 1.73. The Hall–Kier alpha value is -4.82. The molecule has 0 fully saturated rings. The van der Waals surface area contributed by atoms with Gasteiger partial charge in [0.25, 0.3) is 5.56 Å². The number of benzene rings is 2. The lowest BCUT2D eigenvalue weighted by atomic mass is 9.95. The standard InChI is InChI=1S/C32H33N3O7S/c1-6-15-41-24-13-11-22(19-26(24)39-8-3)29-28(31(37)40-9-4)20(5)34-32-35(29)30(36)27(43-32)18-21-10-12-23(42-16-14-33)25(17-21)38-7-2/h6,10-13,17-19,29H,1,7-9,15-16H2,2-5H3/b27-18+/t29-/m1/s1. The summed E-state index contributed by atoms with van der Waals surface area (Å²) in [6.07, 6.45) is 3.37. The Labute approximate surface area is 253 Å². The maximum Gasteiger partial charge on any atom is 0.338 e. The highest BCUT2D eigenvalue weighted by Crippen LogP contribution is 2.36. The quantitative estimate of drug-likeness (QED) is 0.212. The Bertz CT molecular complexity index is 1760. The van der Waals surface area contributed by atoms with Gasteiger partial charge in [0.15, 0.2) is 34.4 Å². The van der Waals surface area contributed by atoms with Crippen molar-refractivity contribution >= 4 is 23.4 Å². The molecule has 0 saturated heterocycles. The number of nitriles is 1. The van der Waals surface area contributed by atoms with Gasteiger partial charge in [-0.05, 0) is 69.2 Å². The molecule has 2 aromatic carbocycles. The highest BCUT2D eigenvalue weighted by Gasteiger charge is 2.34.